The molecule has 1 aromatic heterocycles. The van der Waals surface area contributed by atoms with Crippen LogP contribution in [0.5, 0.6) is 0 Å². The summed E-state index contributed by atoms with van der Waals surface area (Å²) in [5.41, 5.74) is 2.48. The molecule has 6 heteroatoms. The van der Waals surface area contributed by atoms with Crippen molar-refractivity contribution in [2.75, 3.05) is 18.1 Å². The van der Waals surface area contributed by atoms with Crippen LogP contribution in [0.25, 0.3) is 11.0 Å². The Morgan fingerprint density at radius 1 is 1.11 bits per heavy atom. The third-order valence-electron chi connectivity index (χ3n) is 5.78. The number of benzene rings is 2. The highest BCUT2D eigenvalue weighted by Gasteiger charge is 2.22. The van der Waals surface area contributed by atoms with Crippen LogP contribution in [0.15, 0.2) is 53.3 Å². The first-order chi connectivity index (χ1) is 13.6. The minimum absolute atomic E-state index is 0.0814. The summed E-state index contributed by atoms with van der Waals surface area (Å²) >= 11 is 0. The second-order valence-corrected chi connectivity index (χ2v) is 7.65. The summed E-state index contributed by atoms with van der Waals surface area (Å²) in [5, 5.41) is 12.4. The molecule has 1 unspecified atom stereocenters. The summed E-state index contributed by atoms with van der Waals surface area (Å²) in [6, 6.07) is 13.8. The molecule has 0 saturated carbocycles. The summed E-state index contributed by atoms with van der Waals surface area (Å²) in [6.45, 7) is 1.71. The lowest BCUT2D eigenvalue weighted by Crippen LogP contribution is -2.46. The van der Waals surface area contributed by atoms with Crippen molar-refractivity contribution >= 4 is 11.0 Å². The zero-order valence-corrected chi connectivity index (χ0v) is 15.9. The molecule has 1 saturated heterocycles. The maximum Gasteiger partial charge on any atom is 0.345 e. The Balaban J connectivity index is 1.28. The molecule has 28 heavy (non-hydrogen) atoms. The van der Waals surface area contributed by atoms with Crippen LogP contribution in [0, 0.1) is 11.7 Å². The standard InChI is InChI=1S/C22H26FN3O2/c23-18-10-8-17(9-11-18)21(27)7-3-4-16-12-14-25(15-13-16)26-20-6-2-1-5-19(20)24-22(26)28/h1-2,5-6,8-11,16,21,27H,3-4,7,12-15H2,(H,24,28). The third-order valence-corrected chi connectivity index (χ3v) is 5.78. The van der Waals surface area contributed by atoms with E-state index in [2.05, 4.69) is 9.99 Å². The maximum atomic E-state index is 13.0. The van der Waals surface area contributed by atoms with E-state index in [4.69, 9.17) is 0 Å². The normalized spacial score (nSPS) is 16.6. The number of aromatic amines is 1. The SMILES string of the molecule is O=c1[nH]c2ccccc2n1N1CCC(CCCC(O)c2ccc(F)cc2)CC1. The molecule has 1 aliphatic rings. The Bertz CT molecular complexity index is 971. The van der Waals surface area contributed by atoms with Crippen molar-refractivity contribution in [1.82, 2.24) is 9.66 Å². The summed E-state index contributed by atoms with van der Waals surface area (Å²) < 4.78 is 14.7. The third kappa shape index (κ3) is 3.97. The van der Waals surface area contributed by atoms with Crippen LogP contribution in [0.2, 0.25) is 0 Å². The summed E-state index contributed by atoms with van der Waals surface area (Å²) in [6.07, 6.45) is 4.24. The van der Waals surface area contributed by atoms with Crippen molar-refractivity contribution in [2.24, 2.45) is 5.92 Å². The lowest BCUT2D eigenvalue weighted by molar-refractivity contribution is 0.159. The predicted octanol–water partition coefficient (Wildman–Crippen LogP) is 3.72. The molecule has 5 nitrogen and oxygen atoms in total. The monoisotopic (exact) mass is 383 g/mol. The van der Waals surface area contributed by atoms with Crippen molar-refractivity contribution in [1.29, 1.82) is 0 Å². The van der Waals surface area contributed by atoms with Gasteiger partial charge < -0.3 is 15.1 Å². The molecule has 3 aromatic rings. The molecule has 0 spiro atoms. The van der Waals surface area contributed by atoms with E-state index < -0.39 is 6.10 Å². The first-order valence-corrected chi connectivity index (χ1v) is 10.0. The van der Waals surface area contributed by atoms with Gasteiger partial charge >= 0.3 is 5.69 Å². The quantitative estimate of drug-likeness (QED) is 0.682. The van der Waals surface area contributed by atoms with Crippen LogP contribution >= 0.6 is 0 Å². The van der Waals surface area contributed by atoms with Crippen LogP contribution in [-0.4, -0.2) is 27.9 Å². The summed E-state index contributed by atoms with van der Waals surface area (Å²) in [7, 11) is 0. The highest BCUT2D eigenvalue weighted by molar-refractivity contribution is 5.75. The van der Waals surface area contributed by atoms with Crippen molar-refractivity contribution in [3.8, 4) is 0 Å². The molecule has 1 fully saturated rings. The van der Waals surface area contributed by atoms with Gasteiger partial charge in [-0.25, -0.2) is 13.9 Å². The number of imidazole rings is 1. The first-order valence-electron chi connectivity index (χ1n) is 10.0. The van der Waals surface area contributed by atoms with Gasteiger partial charge in [0.15, 0.2) is 0 Å². The summed E-state index contributed by atoms with van der Waals surface area (Å²) in [5.74, 6) is 0.328. The molecule has 0 bridgehead atoms. The minimum atomic E-state index is -0.537. The van der Waals surface area contributed by atoms with E-state index in [1.807, 2.05) is 24.3 Å². The van der Waals surface area contributed by atoms with E-state index in [0.29, 0.717) is 12.3 Å². The van der Waals surface area contributed by atoms with Gasteiger partial charge in [-0.05, 0) is 55.0 Å². The van der Waals surface area contributed by atoms with Gasteiger partial charge in [-0.15, -0.1) is 0 Å². The van der Waals surface area contributed by atoms with Gasteiger partial charge in [0.1, 0.15) is 5.82 Å². The molecule has 0 radical (unpaired) electrons. The molecule has 148 valence electrons. The Morgan fingerprint density at radius 3 is 2.57 bits per heavy atom. The van der Waals surface area contributed by atoms with Crippen molar-refractivity contribution in [3.63, 3.8) is 0 Å². The fourth-order valence-corrected chi connectivity index (χ4v) is 4.18. The molecule has 2 N–H and O–H groups in total. The Labute approximate surface area is 163 Å². The number of nitrogens with zero attached hydrogens (tertiary/aromatic N) is 2. The number of aromatic nitrogens is 2. The highest BCUT2D eigenvalue weighted by Crippen LogP contribution is 2.26. The topological polar surface area (TPSA) is 61.3 Å². The molecule has 4 rings (SSSR count). The average Bonchev–Trinajstić information content (AvgIpc) is 3.05. The Hall–Kier alpha value is -2.60. The van der Waals surface area contributed by atoms with Crippen LogP contribution in [0.1, 0.15) is 43.8 Å². The average molecular weight is 383 g/mol. The number of aliphatic hydroxyl groups is 1. The molecule has 1 aliphatic heterocycles. The van der Waals surface area contributed by atoms with Crippen molar-refractivity contribution in [3.05, 3.63) is 70.4 Å². The van der Waals surface area contributed by atoms with E-state index >= 15 is 0 Å². The van der Waals surface area contributed by atoms with Crippen LogP contribution in [0.3, 0.4) is 0 Å². The minimum Gasteiger partial charge on any atom is -0.388 e. The fourth-order valence-electron chi connectivity index (χ4n) is 4.18. The van der Waals surface area contributed by atoms with Gasteiger partial charge in [-0.1, -0.05) is 37.1 Å². The van der Waals surface area contributed by atoms with Gasteiger partial charge in [0.25, 0.3) is 0 Å². The number of rotatable bonds is 6. The molecule has 0 aliphatic carbocycles. The van der Waals surface area contributed by atoms with E-state index in [1.54, 1.807) is 16.8 Å². The number of H-pyrrole nitrogens is 1. The van der Waals surface area contributed by atoms with Gasteiger partial charge in [0, 0.05) is 13.1 Å². The van der Waals surface area contributed by atoms with E-state index in [0.717, 1.165) is 55.4 Å². The van der Waals surface area contributed by atoms with Crippen molar-refractivity contribution in [2.45, 2.75) is 38.2 Å². The van der Waals surface area contributed by atoms with Crippen LogP contribution < -0.4 is 10.7 Å². The molecule has 0 amide bonds. The van der Waals surface area contributed by atoms with Gasteiger partial charge in [-0.2, -0.15) is 0 Å². The largest absolute Gasteiger partial charge is 0.388 e. The Morgan fingerprint density at radius 2 is 1.82 bits per heavy atom. The van der Waals surface area contributed by atoms with E-state index in [1.165, 1.54) is 12.1 Å². The second-order valence-electron chi connectivity index (χ2n) is 7.65. The number of piperidine rings is 1. The zero-order valence-electron chi connectivity index (χ0n) is 15.9. The lowest BCUT2D eigenvalue weighted by atomic mass is 9.91. The molecule has 2 heterocycles. The van der Waals surface area contributed by atoms with Gasteiger partial charge in [0.05, 0.1) is 17.1 Å². The van der Waals surface area contributed by atoms with E-state index in [9.17, 15) is 14.3 Å². The maximum absolute atomic E-state index is 13.0. The number of para-hydroxylation sites is 2. The van der Waals surface area contributed by atoms with Crippen LogP contribution in [0.4, 0.5) is 4.39 Å². The number of hydrogen-bond donors (Lipinski definition) is 2. The molecule has 2 aromatic carbocycles. The molecular formula is C22H26FN3O2. The first kappa shape index (κ1) is 18.7. The molecule has 1 atom stereocenters. The Kier molecular flexibility index (Phi) is 5.48. The smallest absolute Gasteiger partial charge is 0.345 e. The molecular weight excluding hydrogens is 357 g/mol. The lowest BCUT2D eigenvalue weighted by Gasteiger charge is -2.33. The number of hydrogen-bond acceptors (Lipinski definition) is 3. The van der Waals surface area contributed by atoms with E-state index in [-0.39, 0.29) is 11.5 Å². The van der Waals surface area contributed by atoms with Crippen LogP contribution in [-0.2, 0) is 0 Å². The number of nitrogens with one attached hydrogen (secondary N) is 1. The number of fused-ring (bicyclic) bond motifs is 1. The number of aliphatic hydroxyl groups excluding tert-OH is 1. The fraction of sp³-hybridized carbons (Fsp3) is 0.409. The highest BCUT2D eigenvalue weighted by atomic mass is 19.1. The zero-order chi connectivity index (χ0) is 19.5. The second kappa shape index (κ2) is 8.19. The predicted molar refractivity (Wildman–Crippen MR) is 108 cm³/mol. The van der Waals surface area contributed by atoms with Gasteiger partial charge in [0.2, 0.25) is 0 Å². The van der Waals surface area contributed by atoms with Crippen molar-refractivity contribution < 1.29 is 9.50 Å². The van der Waals surface area contributed by atoms with Gasteiger partial charge in [-0.3, -0.25) is 0 Å². The summed E-state index contributed by atoms with van der Waals surface area (Å²) in [4.78, 5) is 15.3. The number of halogens is 1.